The third-order valence-corrected chi connectivity index (χ3v) is 4.72. The number of ether oxygens (including phenoxy) is 1. The van der Waals surface area contributed by atoms with Gasteiger partial charge in [-0.15, -0.1) is 0 Å². The molecule has 124 valence electrons. The highest BCUT2D eigenvalue weighted by molar-refractivity contribution is 5.98. The van der Waals surface area contributed by atoms with Gasteiger partial charge in [0.25, 0.3) is 5.91 Å². The number of aromatic nitrogens is 2. The van der Waals surface area contributed by atoms with Crippen molar-refractivity contribution in [1.29, 1.82) is 0 Å². The first-order valence-electron chi connectivity index (χ1n) is 8.23. The lowest BCUT2D eigenvalue weighted by molar-refractivity contribution is -0.00488. The molecule has 5 nitrogen and oxygen atoms in total. The van der Waals surface area contributed by atoms with E-state index in [1.54, 1.807) is 0 Å². The molecule has 3 aromatic rings. The standard InChI is InChI=1S/C19H21N3O2/c1-13-5-6-14-11-16(20-15(14)10-13)19(23)22-8-9-24-12-18(22)17-4-3-7-21(17)2/h3-7,10-11,18,20H,8-9,12H2,1-2H3/t18-/m0/s1. The fourth-order valence-corrected chi connectivity index (χ4v) is 3.42. The molecule has 1 aliphatic heterocycles. The van der Waals surface area contributed by atoms with Gasteiger partial charge in [-0.2, -0.15) is 0 Å². The summed E-state index contributed by atoms with van der Waals surface area (Å²) in [5, 5.41) is 1.06. The second-order valence-corrected chi connectivity index (χ2v) is 6.41. The zero-order valence-corrected chi connectivity index (χ0v) is 14.0. The van der Waals surface area contributed by atoms with Gasteiger partial charge in [0.1, 0.15) is 5.69 Å². The zero-order valence-electron chi connectivity index (χ0n) is 14.0. The Morgan fingerprint density at radius 3 is 2.96 bits per heavy atom. The Labute approximate surface area is 140 Å². The Hall–Kier alpha value is -2.53. The number of fused-ring (bicyclic) bond motifs is 1. The minimum absolute atomic E-state index is 0.0263. The minimum atomic E-state index is -0.0561. The van der Waals surface area contributed by atoms with Crippen LogP contribution in [-0.4, -0.2) is 40.1 Å². The zero-order chi connectivity index (χ0) is 16.7. The number of aromatic amines is 1. The average molecular weight is 323 g/mol. The Balaban J connectivity index is 1.69. The van der Waals surface area contributed by atoms with Crippen LogP contribution in [-0.2, 0) is 11.8 Å². The molecule has 1 fully saturated rings. The number of aryl methyl sites for hydroxylation is 2. The number of nitrogens with one attached hydrogen (secondary N) is 1. The quantitative estimate of drug-likeness (QED) is 0.788. The van der Waals surface area contributed by atoms with E-state index >= 15 is 0 Å². The molecule has 1 atom stereocenters. The Bertz CT molecular complexity index is 893. The van der Waals surface area contributed by atoms with E-state index in [1.165, 1.54) is 5.56 Å². The molecule has 3 heterocycles. The van der Waals surface area contributed by atoms with Gasteiger partial charge in [0.05, 0.1) is 19.3 Å². The molecule has 1 aliphatic rings. The van der Waals surface area contributed by atoms with Crippen LogP contribution in [0.4, 0.5) is 0 Å². The first-order chi connectivity index (χ1) is 11.6. The van der Waals surface area contributed by atoms with Crippen molar-refractivity contribution >= 4 is 16.8 Å². The molecule has 0 spiro atoms. The number of H-pyrrole nitrogens is 1. The number of amides is 1. The maximum absolute atomic E-state index is 13.1. The Morgan fingerprint density at radius 1 is 1.29 bits per heavy atom. The van der Waals surface area contributed by atoms with Crippen LogP contribution < -0.4 is 0 Å². The highest BCUT2D eigenvalue weighted by Gasteiger charge is 2.31. The molecule has 0 saturated carbocycles. The normalized spacial score (nSPS) is 18.2. The average Bonchev–Trinajstić information content (AvgIpc) is 3.19. The molecule has 5 heteroatoms. The van der Waals surface area contributed by atoms with Crippen molar-refractivity contribution in [2.45, 2.75) is 13.0 Å². The third kappa shape index (κ3) is 2.51. The van der Waals surface area contributed by atoms with Crippen LogP contribution in [0.2, 0.25) is 0 Å². The van der Waals surface area contributed by atoms with Crippen molar-refractivity contribution in [2.75, 3.05) is 19.8 Å². The lowest BCUT2D eigenvalue weighted by atomic mass is 10.1. The van der Waals surface area contributed by atoms with Crippen LogP contribution in [0.25, 0.3) is 10.9 Å². The molecule has 0 bridgehead atoms. The van der Waals surface area contributed by atoms with Crippen LogP contribution in [0.5, 0.6) is 0 Å². The minimum Gasteiger partial charge on any atom is -0.377 e. The molecule has 1 aromatic carbocycles. The summed E-state index contributed by atoms with van der Waals surface area (Å²) in [6.45, 7) is 3.76. The molecule has 0 radical (unpaired) electrons. The smallest absolute Gasteiger partial charge is 0.271 e. The van der Waals surface area contributed by atoms with Crippen molar-refractivity contribution in [3.05, 3.63) is 59.5 Å². The summed E-state index contributed by atoms with van der Waals surface area (Å²) in [6.07, 6.45) is 2.00. The molecule has 0 unspecified atom stereocenters. The Morgan fingerprint density at radius 2 is 2.17 bits per heavy atom. The summed E-state index contributed by atoms with van der Waals surface area (Å²) in [4.78, 5) is 18.3. The van der Waals surface area contributed by atoms with E-state index in [0.29, 0.717) is 25.5 Å². The maximum atomic E-state index is 13.1. The number of morpholine rings is 1. The number of hydrogen-bond acceptors (Lipinski definition) is 2. The van der Waals surface area contributed by atoms with Gasteiger partial charge in [-0.3, -0.25) is 4.79 Å². The first-order valence-corrected chi connectivity index (χ1v) is 8.23. The molecule has 1 N–H and O–H groups in total. The van der Waals surface area contributed by atoms with E-state index in [9.17, 15) is 4.79 Å². The van der Waals surface area contributed by atoms with E-state index in [0.717, 1.165) is 16.6 Å². The molecule has 1 amide bonds. The monoisotopic (exact) mass is 323 g/mol. The largest absolute Gasteiger partial charge is 0.377 e. The summed E-state index contributed by atoms with van der Waals surface area (Å²) < 4.78 is 7.68. The fourth-order valence-electron chi connectivity index (χ4n) is 3.42. The summed E-state index contributed by atoms with van der Waals surface area (Å²) >= 11 is 0. The predicted molar refractivity (Wildman–Crippen MR) is 93.0 cm³/mol. The van der Waals surface area contributed by atoms with Crippen molar-refractivity contribution in [1.82, 2.24) is 14.5 Å². The topological polar surface area (TPSA) is 50.3 Å². The van der Waals surface area contributed by atoms with E-state index in [4.69, 9.17) is 4.74 Å². The Kier molecular flexibility index (Phi) is 3.65. The highest BCUT2D eigenvalue weighted by Crippen LogP contribution is 2.27. The molecule has 4 rings (SSSR count). The van der Waals surface area contributed by atoms with Crippen LogP contribution in [0.15, 0.2) is 42.6 Å². The second-order valence-electron chi connectivity index (χ2n) is 6.41. The number of nitrogens with zero attached hydrogens (tertiary/aromatic N) is 2. The molecular formula is C19H21N3O2. The SMILES string of the molecule is Cc1ccc2cc(C(=O)N3CCOC[C@H]3c3cccn3C)[nH]c2c1. The van der Waals surface area contributed by atoms with E-state index in [2.05, 4.69) is 24.0 Å². The number of hydrogen-bond donors (Lipinski definition) is 1. The van der Waals surface area contributed by atoms with Gasteiger partial charge >= 0.3 is 0 Å². The predicted octanol–water partition coefficient (Wildman–Crippen LogP) is 3.03. The summed E-state index contributed by atoms with van der Waals surface area (Å²) in [6, 6.07) is 12.1. The van der Waals surface area contributed by atoms with Crippen molar-refractivity contribution in [3.8, 4) is 0 Å². The van der Waals surface area contributed by atoms with Gasteiger partial charge in [-0.05, 0) is 36.8 Å². The summed E-state index contributed by atoms with van der Waals surface area (Å²) in [7, 11) is 2.00. The molecular weight excluding hydrogens is 302 g/mol. The van der Waals surface area contributed by atoms with Gasteiger partial charge in [-0.25, -0.2) is 0 Å². The van der Waals surface area contributed by atoms with Crippen molar-refractivity contribution < 1.29 is 9.53 Å². The molecule has 2 aromatic heterocycles. The van der Waals surface area contributed by atoms with Gasteiger partial charge < -0.3 is 19.2 Å². The molecule has 1 saturated heterocycles. The van der Waals surface area contributed by atoms with Gasteiger partial charge in [0.15, 0.2) is 0 Å². The lowest BCUT2D eigenvalue weighted by Crippen LogP contribution is -2.44. The first kappa shape index (κ1) is 15.0. The van der Waals surface area contributed by atoms with Crippen LogP contribution in [0, 0.1) is 6.92 Å². The summed E-state index contributed by atoms with van der Waals surface area (Å²) in [5.74, 6) is 0.0263. The fraction of sp³-hybridized carbons (Fsp3) is 0.316. The van der Waals surface area contributed by atoms with E-state index in [1.807, 2.05) is 47.0 Å². The van der Waals surface area contributed by atoms with Gasteiger partial charge in [0.2, 0.25) is 0 Å². The van der Waals surface area contributed by atoms with Crippen molar-refractivity contribution in [2.24, 2.45) is 7.05 Å². The molecule has 0 aliphatic carbocycles. The van der Waals surface area contributed by atoms with Gasteiger partial charge in [0, 0.05) is 36.4 Å². The lowest BCUT2D eigenvalue weighted by Gasteiger charge is -2.35. The van der Waals surface area contributed by atoms with E-state index in [-0.39, 0.29) is 11.9 Å². The number of benzene rings is 1. The maximum Gasteiger partial charge on any atom is 0.271 e. The summed E-state index contributed by atoms with van der Waals surface area (Å²) in [5.41, 5.74) is 3.91. The number of carbonyl (C=O) groups excluding carboxylic acids is 1. The third-order valence-electron chi connectivity index (χ3n) is 4.72. The van der Waals surface area contributed by atoms with Crippen LogP contribution >= 0.6 is 0 Å². The van der Waals surface area contributed by atoms with E-state index < -0.39 is 0 Å². The number of carbonyl (C=O) groups is 1. The second kappa shape index (κ2) is 5.83. The molecule has 24 heavy (non-hydrogen) atoms. The van der Waals surface area contributed by atoms with Gasteiger partial charge in [-0.1, -0.05) is 12.1 Å². The highest BCUT2D eigenvalue weighted by atomic mass is 16.5. The number of rotatable bonds is 2. The van der Waals surface area contributed by atoms with Crippen LogP contribution in [0.1, 0.15) is 27.8 Å². The van der Waals surface area contributed by atoms with Crippen molar-refractivity contribution in [3.63, 3.8) is 0 Å². The van der Waals surface area contributed by atoms with Crippen LogP contribution in [0.3, 0.4) is 0 Å².